The molecular formula is C17H16N4O3. The number of nitriles is 1. The quantitative estimate of drug-likeness (QED) is 0.919. The Hall–Kier alpha value is -3.14. The number of piperidine rings is 1. The average molecular weight is 324 g/mol. The number of carboxylic acid groups (broad SMARTS) is 1. The van der Waals surface area contributed by atoms with E-state index in [-0.39, 0.29) is 11.8 Å². The minimum atomic E-state index is -1.09. The maximum Gasteiger partial charge on any atom is 0.356 e. The van der Waals surface area contributed by atoms with Gasteiger partial charge in [0.25, 0.3) is 0 Å². The van der Waals surface area contributed by atoms with Gasteiger partial charge in [-0.15, -0.1) is 10.2 Å². The van der Waals surface area contributed by atoms with E-state index in [2.05, 4.69) is 21.2 Å². The van der Waals surface area contributed by atoms with E-state index in [1.54, 1.807) is 18.2 Å². The number of ether oxygens (including phenoxy) is 1. The second-order valence-electron chi connectivity index (χ2n) is 5.49. The van der Waals surface area contributed by atoms with Crippen molar-refractivity contribution in [3.63, 3.8) is 0 Å². The van der Waals surface area contributed by atoms with Gasteiger partial charge in [-0.05, 0) is 24.3 Å². The summed E-state index contributed by atoms with van der Waals surface area (Å²) >= 11 is 0. The van der Waals surface area contributed by atoms with E-state index in [0.29, 0.717) is 17.1 Å². The summed E-state index contributed by atoms with van der Waals surface area (Å²) in [6.45, 7) is 1.47. The molecule has 1 aliphatic rings. The van der Waals surface area contributed by atoms with Gasteiger partial charge in [-0.1, -0.05) is 12.1 Å². The lowest BCUT2D eigenvalue weighted by atomic mass is 10.1. The Kier molecular flexibility index (Phi) is 4.57. The van der Waals surface area contributed by atoms with E-state index in [1.807, 2.05) is 12.1 Å². The lowest BCUT2D eigenvalue weighted by Gasteiger charge is -2.32. The Morgan fingerprint density at radius 2 is 1.96 bits per heavy atom. The van der Waals surface area contributed by atoms with Crippen LogP contribution in [0.15, 0.2) is 36.4 Å². The second-order valence-corrected chi connectivity index (χ2v) is 5.49. The number of para-hydroxylation sites is 1. The van der Waals surface area contributed by atoms with E-state index in [9.17, 15) is 4.79 Å². The fraction of sp³-hybridized carbons (Fsp3) is 0.294. The third-order valence-corrected chi connectivity index (χ3v) is 3.94. The molecule has 1 aromatic carbocycles. The third kappa shape index (κ3) is 3.43. The molecule has 2 heterocycles. The van der Waals surface area contributed by atoms with Crippen molar-refractivity contribution >= 4 is 11.8 Å². The molecule has 1 N–H and O–H groups in total. The molecule has 7 nitrogen and oxygen atoms in total. The van der Waals surface area contributed by atoms with Gasteiger partial charge in [-0.3, -0.25) is 0 Å². The predicted octanol–water partition coefficient (Wildman–Crippen LogP) is 2.09. The third-order valence-electron chi connectivity index (χ3n) is 3.94. The minimum absolute atomic E-state index is 0.0435. The van der Waals surface area contributed by atoms with Crippen LogP contribution in [0.25, 0.3) is 0 Å². The summed E-state index contributed by atoms with van der Waals surface area (Å²) in [6, 6.07) is 12.5. The number of benzene rings is 1. The summed E-state index contributed by atoms with van der Waals surface area (Å²) < 4.78 is 5.95. The van der Waals surface area contributed by atoms with Crippen LogP contribution in [0.5, 0.6) is 5.75 Å². The fourth-order valence-electron chi connectivity index (χ4n) is 2.65. The topological polar surface area (TPSA) is 99.3 Å². The summed E-state index contributed by atoms with van der Waals surface area (Å²) in [5, 5.41) is 25.6. The maximum atomic E-state index is 10.8. The Morgan fingerprint density at radius 3 is 2.58 bits per heavy atom. The van der Waals surface area contributed by atoms with Crippen LogP contribution in [0.3, 0.4) is 0 Å². The van der Waals surface area contributed by atoms with Crippen LogP contribution in [0.2, 0.25) is 0 Å². The van der Waals surface area contributed by atoms with Crippen molar-refractivity contribution in [1.29, 1.82) is 5.26 Å². The van der Waals surface area contributed by atoms with Crippen molar-refractivity contribution in [2.24, 2.45) is 0 Å². The van der Waals surface area contributed by atoms with Crippen LogP contribution in [0, 0.1) is 11.3 Å². The lowest BCUT2D eigenvalue weighted by Crippen LogP contribution is -2.38. The van der Waals surface area contributed by atoms with Gasteiger partial charge in [0.2, 0.25) is 0 Å². The van der Waals surface area contributed by atoms with Crippen molar-refractivity contribution in [3.8, 4) is 11.8 Å². The molecule has 3 rings (SSSR count). The molecule has 1 aromatic heterocycles. The van der Waals surface area contributed by atoms with Gasteiger partial charge in [0.05, 0.1) is 5.56 Å². The summed E-state index contributed by atoms with van der Waals surface area (Å²) in [4.78, 5) is 12.9. The summed E-state index contributed by atoms with van der Waals surface area (Å²) in [5.74, 6) is 0.192. The summed E-state index contributed by atoms with van der Waals surface area (Å²) in [6.07, 6.45) is 1.63. The van der Waals surface area contributed by atoms with Crippen LogP contribution < -0.4 is 9.64 Å². The van der Waals surface area contributed by atoms with Gasteiger partial charge >= 0.3 is 5.97 Å². The average Bonchev–Trinajstić information content (AvgIpc) is 2.63. The molecular weight excluding hydrogens is 308 g/mol. The first-order valence-electron chi connectivity index (χ1n) is 7.65. The first-order chi connectivity index (χ1) is 11.7. The van der Waals surface area contributed by atoms with Crippen molar-refractivity contribution in [1.82, 2.24) is 10.2 Å². The molecule has 0 radical (unpaired) electrons. The molecule has 0 amide bonds. The molecule has 2 aromatic rings. The standard InChI is InChI=1S/C17H16N4O3/c18-11-12-3-1-2-4-15(12)24-13-7-9-21(10-8-13)16-6-5-14(17(22)23)19-20-16/h1-6,13H,7-10H2,(H,22,23). The molecule has 7 heteroatoms. The number of anilines is 1. The summed E-state index contributed by atoms with van der Waals surface area (Å²) in [5.41, 5.74) is 0.472. The molecule has 122 valence electrons. The number of hydrogen-bond donors (Lipinski definition) is 1. The Morgan fingerprint density at radius 1 is 1.21 bits per heavy atom. The van der Waals surface area contributed by atoms with Crippen LogP contribution in [-0.2, 0) is 0 Å². The van der Waals surface area contributed by atoms with Gasteiger partial charge in [0.1, 0.15) is 17.9 Å². The van der Waals surface area contributed by atoms with E-state index >= 15 is 0 Å². The maximum absolute atomic E-state index is 10.8. The highest BCUT2D eigenvalue weighted by molar-refractivity contribution is 5.85. The van der Waals surface area contributed by atoms with Crippen LogP contribution in [0.4, 0.5) is 5.82 Å². The Labute approximate surface area is 139 Å². The van der Waals surface area contributed by atoms with E-state index in [0.717, 1.165) is 25.9 Å². The fourth-order valence-corrected chi connectivity index (χ4v) is 2.65. The SMILES string of the molecule is N#Cc1ccccc1OC1CCN(c2ccc(C(=O)O)nn2)CC1. The van der Waals surface area contributed by atoms with E-state index < -0.39 is 5.97 Å². The van der Waals surface area contributed by atoms with E-state index in [4.69, 9.17) is 15.1 Å². The number of rotatable bonds is 4. The summed E-state index contributed by atoms with van der Waals surface area (Å²) in [7, 11) is 0. The number of aromatic carboxylic acids is 1. The zero-order valence-electron chi connectivity index (χ0n) is 12.9. The number of carboxylic acids is 1. The zero-order valence-corrected chi connectivity index (χ0v) is 12.9. The highest BCUT2D eigenvalue weighted by Gasteiger charge is 2.22. The van der Waals surface area contributed by atoms with Gasteiger partial charge < -0.3 is 14.7 Å². The van der Waals surface area contributed by atoms with E-state index in [1.165, 1.54) is 6.07 Å². The van der Waals surface area contributed by atoms with Crippen LogP contribution in [-0.4, -0.2) is 40.5 Å². The second kappa shape index (κ2) is 6.96. The normalized spacial score (nSPS) is 14.9. The van der Waals surface area contributed by atoms with Gasteiger partial charge in [0, 0.05) is 25.9 Å². The highest BCUT2D eigenvalue weighted by Crippen LogP contribution is 2.24. The number of carbonyl (C=O) groups is 1. The smallest absolute Gasteiger partial charge is 0.356 e. The van der Waals surface area contributed by atoms with Gasteiger partial charge in [-0.25, -0.2) is 4.79 Å². The Balaban J connectivity index is 1.59. The minimum Gasteiger partial charge on any atom is -0.489 e. The van der Waals surface area contributed by atoms with Crippen molar-refractivity contribution in [2.45, 2.75) is 18.9 Å². The zero-order chi connectivity index (χ0) is 16.9. The van der Waals surface area contributed by atoms with Crippen molar-refractivity contribution < 1.29 is 14.6 Å². The monoisotopic (exact) mass is 324 g/mol. The lowest BCUT2D eigenvalue weighted by molar-refractivity contribution is 0.0689. The number of hydrogen-bond acceptors (Lipinski definition) is 6. The highest BCUT2D eigenvalue weighted by atomic mass is 16.5. The molecule has 0 bridgehead atoms. The predicted molar refractivity (Wildman–Crippen MR) is 86.0 cm³/mol. The first-order valence-corrected chi connectivity index (χ1v) is 7.65. The Bertz CT molecular complexity index is 762. The van der Waals surface area contributed by atoms with Gasteiger partial charge in [-0.2, -0.15) is 5.26 Å². The van der Waals surface area contributed by atoms with Crippen molar-refractivity contribution in [3.05, 3.63) is 47.7 Å². The van der Waals surface area contributed by atoms with Crippen LogP contribution in [0.1, 0.15) is 28.9 Å². The first kappa shape index (κ1) is 15.7. The molecule has 0 saturated carbocycles. The van der Waals surface area contributed by atoms with Gasteiger partial charge in [0.15, 0.2) is 11.5 Å². The molecule has 1 fully saturated rings. The molecule has 0 aliphatic carbocycles. The van der Waals surface area contributed by atoms with Crippen molar-refractivity contribution in [2.75, 3.05) is 18.0 Å². The molecule has 0 spiro atoms. The number of aromatic nitrogens is 2. The molecule has 1 saturated heterocycles. The van der Waals surface area contributed by atoms with Crippen LogP contribution >= 0.6 is 0 Å². The molecule has 24 heavy (non-hydrogen) atoms. The number of nitrogens with zero attached hydrogens (tertiary/aromatic N) is 4. The molecule has 1 aliphatic heterocycles. The molecule has 0 atom stereocenters. The molecule has 0 unspecified atom stereocenters. The largest absolute Gasteiger partial charge is 0.489 e.